The van der Waals surface area contributed by atoms with Crippen LogP contribution in [0.2, 0.25) is 0 Å². The molecule has 0 aliphatic carbocycles. The summed E-state index contributed by atoms with van der Waals surface area (Å²) < 4.78 is 38.1. The SMILES string of the molecule is CCOc1ccc(C(=O)N2CCC(S(=O)(=O)c3nncn3C)CC2)cc1OCC. The van der Waals surface area contributed by atoms with Gasteiger partial charge in [-0.3, -0.25) is 4.79 Å². The summed E-state index contributed by atoms with van der Waals surface area (Å²) in [6, 6.07) is 5.12. The van der Waals surface area contributed by atoms with E-state index in [0.717, 1.165) is 0 Å². The van der Waals surface area contributed by atoms with Crippen LogP contribution in [0.4, 0.5) is 0 Å². The molecule has 0 saturated carbocycles. The molecule has 29 heavy (non-hydrogen) atoms. The number of sulfone groups is 1. The number of nitrogens with zero attached hydrogens (tertiary/aromatic N) is 4. The first-order valence-corrected chi connectivity index (χ1v) is 11.2. The van der Waals surface area contributed by atoms with Gasteiger partial charge in [-0.1, -0.05) is 0 Å². The number of hydrogen-bond donors (Lipinski definition) is 0. The van der Waals surface area contributed by atoms with Crippen molar-refractivity contribution < 1.29 is 22.7 Å². The number of rotatable bonds is 7. The Balaban J connectivity index is 1.70. The summed E-state index contributed by atoms with van der Waals surface area (Å²) in [6.45, 7) is 5.43. The van der Waals surface area contributed by atoms with Crippen LogP contribution in [-0.4, -0.2) is 65.5 Å². The van der Waals surface area contributed by atoms with E-state index in [2.05, 4.69) is 10.2 Å². The normalized spacial score (nSPS) is 15.3. The molecule has 0 atom stereocenters. The zero-order valence-corrected chi connectivity index (χ0v) is 17.7. The number of hydrogen-bond acceptors (Lipinski definition) is 7. The van der Waals surface area contributed by atoms with Crippen molar-refractivity contribution >= 4 is 15.7 Å². The second-order valence-corrected chi connectivity index (χ2v) is 8.91. The van der Waals surface area contributed by atoms with E-state index in [1.165, 1.54) is 10.9 Å². The Morgan fingerprint density at radius 2 is 1.79 bits per heavy atom. The predicted molar refractivity (Wildman–Crippen MR) is 106 cm³/mol. The number of carbonyl (C=O) groups excluding carboxylic acids is 1. The number of likely N-dealkylation sites (tertiary alicyclic amines) is 1. The summed E-state index contributed by atoms with van der Waals surface area (Å²) in [5.41, 5.74) is 0.492. The fourth-order valence-electron chi connectivity index (χ4n) is 3.42. The standard InChI is InChI=1S/C19H26N4O5S/c1-4-27-16-7-6-14(12-17(16)28-5-2)18(24)23-10-8-15(9-11-23)29(25,26)19-21-20-13-22(19)3/h6-7,12-13,15H,4-5,8-11H2,1-3H3. The largest absolute Gasteiger partial charge is 0.490 e. The Morgan fingerprint density at radius 3 is 2.38 bits per heavy atom. The average Bonchev–Trinajstić information content (AvgIpc) is 3.16. The third kappa shape index (κ3) is 4.36. The van der Waals surface area contributed by atoms with E-state index in [0.29, 0.717) is 56.2 Å². The minimum Gasteiger partial charge on any atom is -0.490 e. The first-order valence-electron chi connectivity index (χ1n) is 9.65. The molecule has 0 bridgehead atoms. The number of carbonyl (C=O) groups is 1. The minimum absolute atomic E-state index is 0.0323. The predicted octanol–water partition coefficient (Wildman–Crippen LogP) is 1.69. The van der Waals surface area contributed by atoms with Crippen LogP contribution in [0.1, 0.15) is 37.0 Å². The lowest BCUT2D eigenvalue weighted by Crippen LogP contribution is -2.42. The number of aryl methyl sites for hydroxylation is 1. The Hall–Kier alpha value is -2.62. The van der Waals surface area contributed by atoms with Gasteiger partial charge in [0.2, 0.25) is 15.0 Å². The van der Waals surface area contributed by atoms with Gasteiger partial charge in [-0.2, -0.15) is 0 Å². The van der Waals surface area contributed by atoms with Gasteiger partial charge in [0.25, 0.3) is 5.91 Å². The average molecular weight is 423 g/mol. The fraction of sp³-hybridized carbons (Fsp3) is 0.526. The molecule has 0 N–H and O–H groups in total. The number of aromatic nitrogens is 3. The van der Waals surface area contributed by atoms with Gasteiger partial charge in [0, 0.05) is 25.7 Å². The lowest BCUT2D eigenvalue weighted by atomic mass is 10.1. The second kappa shape index (κ2) is 8.81. The Morgan fingerprint density at radius 1 is 1.14 bits per heavy atom. The Kier molecular flexibility index (Phi) is 6.41. The van der Waals surface area contributed by atoms with Gasteiger partial charge in [0.15, 0.2) is 11.5 Å². The molecule has 10 heteroatoms. The minimum atomic E-state index is -3.57. The summed E-state index contributed by atoms with van der Waals surface area (Å²) in [7, 11) is -1.97. The molecule has 0 radical (unpaired) electrons. The lowest BCUT2D eigenvalue weighted by Gasteiger charge is -2.31. The van der Waals surface area contributed by atoms with Crippen molar-refractivity contribution in [1.82, 2.24) is 19.7 Å². The molecule has 0 spiro atoms. The lowest BCUT2D eigenvalue weighted by molar-refractivity contribution is 0.0725. The van der Waals surface area contributed by atoms with Crippen LogP contribution < -0.4 is 9.47 Å². The maximum atomic E-state index is 12.9. The molecule has 0 unspecified atom stereocenters. The van der Waals surface area contributed by atoms with Gasteiger partial charge in [-0.15, -0.1) is 10.2 Å². The fourth-order valence-corrected chi connectivity index (χ4v) is 5.15. The van der Waals surface area contributed by atoms with Crippen LogP contribution in [0.3, 0.4) is 0 Å². The van der Waals surface area contributed by atoms with E-state index in [4.69, 9.17) is 9.47 Å². The third-order valence-electron chi connectivity index (χ3n) is 4.88. The second-order valence-electron chi connectivity index (χ2n) is 6.79. The van der Waals surface area contributed by atoms with E-state index in [9.17, 15) is 13.2 Å². The van der Waals surface area contributed by atoms with Crippen molar-refractivity contribution in [2.75, 3.05) is 26.3 Å². The van der Waals surface area contributed by atoms with E-state index in [1.807, 2.05) is 13.8 Å². The summed E-state index contributed by atoms with van der Waals surface area (Å²) in [6.07, 6.45) is 2.08. The molecular formula is C19H26N4O5S. The van der Waals surface area contributed by atoms with E-state index < -0.39 is 15.1 Å². The summed E-state index contributed by atoms with van der Waals surface area (Å²) in [4.78, 5) is 14.6. The molecule has 1 amide bonds. The van der Waals surface area contributed by atoms with Crippen molar-refractivity contribution in [2.45, 2.75) is 37.1 Å². The molecule has 9 nitrogen and oxygen atoms in total. The van der Waals surface area contributed by atoms with Crippen molar-refractivity contribution in [3.8, 4) is 11.5 Å². The zero-order chi connectivity index (χ0) is 21.0. The zero-order valence-electron chi connectivity index (χ0n) is 16.9. The van der Waals surface area contributed by atoms with Gasteiger partial charge in [0.1, 0.15) is 6.33 Å². The topological polar surface area (TPSA) is 104 Å². The van der Waals surface area contributed by atoms with Crippen molar-refractivity contribution in [2.24, 2.45) is 7.05 Å². The molecule has 1 aromatic heterocycles. The Bertz CT molecular complexity index is 965. The van der Waals surface area contributed by atoms with Crippen LogP contribution in [0.25, 0.3) is 0 Å². The summed E-state index contributed by atoms with van der Waals surface area (Å²) in [5, 5.41) is 6.78. The first-order chi connectivity index (χ1) is 13.9. The summed E-state index contributed by atoms with van der Waals surface area (Å²) >= 11 is 0. The van der Waals surface area contributed by atoms with Gasteiger partial charge < -0.3 is 18.9 Å². The Labute approximate surface area is 170 Å². The highest BCUT2D eigenvalue weighted by Gasteiger charge is 2.35. The first kappa shape index (κ1) is 21.1. The molecule has 1 aromatic carbocycles. The maximum Gasteiger partial charge on any atom is 0.253 e. The highest BCUT2D eigenvalue weighted by Crippen LogP contribution is 2.30. The van der Waals surface area contributed by atoms with Crippen LogP contribution in [0, 0.1) is 0 Å². The van der Waals surface area contributed by atoms with Crippen molar-refractivity contribution in [3.05, 3.63) is 30.1 Å². The smallest absolute Gasteiger partial charge is 0.253 e. The number of ether oxygens (including phenoxy) is 2. The van der Waals surface area contributed by atoms with E-state index >= 15 is 0 Å². The molecule has 158 valence electrons. The highest BCUT2D eigenvalue weighted by molar-refractivity contribution is 7.91. The number of benzene rings is 1. The van der Waals surface area contributed by atoms with Crippen molar-refractivity contribution in [3.63, 3.8) is 0 Å². The molecular weight excluding hydrogens is 396 g/mol. The molecule has 1 saturated heterocycles. The van der Waals surface area contributed by atoms with Crippen LogP contribution in [0.15, 0.2) is 29.7 Å². The molecule has 3 rings (SSSR count). The van der Waals surface area contributed by atoms with E-state index in [1.54, 1.807) is 30.1 Å². The molecule has 2 heterocycles. The quantitative estimate of drug-likeness (QED) is 0.669. The van der Waals surface area contributed by atoms with Crippen LogP contribution in [-0.2, 0) is 16.9 Å². The molecule has 2 aromatic rings. The third-order valence-corrected chi connectivity index (χ3v) is 7.11. The van der Waals surface area contributed by atoms with Gasteiger partial charge >= 0.3 is 0 Å². The van der Waals surface area contributed by atoms with E-state index in [-0.39, 0.29) is 11.1 Å². The van der Waals surface area contributed by atoms with Crippen molar-refractivity contribution in [1.29, 1.82) is 0 Å². The maximum absolute atomic E-state index is 12.9. The summed E-state index contributed by atoms with van der Waals surface area (Å²) in [5.74, 6) is 0.975. The molecule has 1 fully saturated rings. The number of piperidine rings is 1. The highest BCUT2D eigenvalue weighted by atomic mass is 32.2. The molecule has 1 aliphatic rings. The monoisotopic (exact) mass is 422 g/mol. The molecule has 1 aliphatic heterocycles. The van der Waals surface area contributed by atoms with Crippen LogP contribution >= 0.6 is 0 Å². The van der Waals surface area contributed by atoms with Crippen LogP contribution in [0.5, 0.6) is 11.5 Å². The number of amides is 1. The van der Waals surface area contributed by atoms with Gasteiger partial charge in [-0.25, -0.2) is 8.42 Å². The van der Waals surface area contributed by atoms with Gasteiger partial charge in [0.05, 0.1) is 18.5 Å². The van der Waals surface area contributed by atoms with Gasteiger partial charge in [-0.05, 0) is 44.9 Å².